The van der Waals surface area contributed by atoms with Crippen molar-refractivity contribution in [3.63, 3.8) is 0 Å². The van der Waals surface area contributed by atoms with Crippen LogP contribution in [0.4, 0.5) is 5.69 Å². The molecule has 10 heteroatoms. The Kier molecular flexibility index (Phi) is 4.13. The molecule has 0 radical (unpaired) electrons. The number of hydrogen-bond acceptors (Lipinski definition) is 6. The van der Waals surface area contributed by atoms with Gasteiger partial charge in [0, 0.05) is 13.3 Å². The van der Waals surface area contributed by atoms with Gasteiger partial charge in [0.2, 0.25) is 5.91 Å². The molecule has 0 bridgehead atoms. The number of aryl methyl sites for hydroxylation is 1. The molecular weight excluding hydrogens is 346 g/mol. The SMILES string of the molecule is Cn1ncc2c(=O)n(CC(=O)Nc3ccccc3S(C)(=O)=O)cnc21. The molecule has 3 rings (SSSR count). The Morgan fingerprint density at radius 1 is 1.28 bits per heavy atom. The molecule has 0 unspecified atom stereocenters. The maximum atomic E-state index is 12.3. The van der Waals surface area contributed by atoms with Gasteiger partial charge in [0.05, 0.1) is 16.8 Å². The van der Waals surface area contributed by atoms with Gasteiger partial charge in [0.15, 0.2) is 15.5 Å². The number of aromatic nitrogens is 4. The smallest absolute Gasteiger partial charge is 0.264 e. The summed E-state index contributed by atoms with van der Waals surface area (Å²) in [5.74, 6) is -0.539. The first kappa shape index (κ1) is 16.8. The lowest BCUT2D eigenvalue weighted by Gasteiger charge is -2.10. The van der Waals surface area contributed by atoms with E-state index in [4.69, 9.17) is 0 Å². The molecule has 3 aromatic rings. The van der Waals surface area contributed by atoms with Crippen molar-refractivity contribution in [1.29, 1.82) is 0 Å². The lowest BCUT2D eigenvalue weighted by atomic mass is 10.3. The van der Waals surface area contributed by atoms with Gasteiger partial charge in [-0.15, -0.1) is 0 Å². The molecule has 0 saturated heterocycles. The van der Waals surface area contributed by atoms with E-state index in [1.54, 1.807) is 19.2 Å². The van der Waals surface area contributed by atoms with E-state index < -0.39 is 21.3 Å². The van der Waals surface area contributed by atoms with Gasteiger partial charge in [-0.3, -0.25) is 18.8 Å². The average molecular weight is 361 g/mol. The summed E-state index contributed by atoms with van der Waals surface area (Å²) in [5, 5.41) is 6.78. The minimum Gasteiger partial charge on any atom is -0.323 e. The molecule has 0 aliphatic carbocycles. The van der Waals surface area contributed by atoms with Gasteiger partial charge in [-0.1, -0.05) is 12.1 Å². The van der Waals surface area contributed by atoms with Crippen LogP contribution in [0.3, 0.4) is 0 Å². The third kappa shape index (κ3) is 3.29. The first-order valence-electron chi connectivity index (χ1n) is 7.23. The molecule has 0 fully saturated rings. The monoisotopic (exact) mass is 361 g/mol. The fourth-order valence-corrected chi connectivity index (χ4v) is 3.26. The molecule has 0 spiro atoms. The zero-order valence-corrected chi connectivity index (χ0v) is 14.3. The Balaban J connectivity index is 1.87. The minimum absolute atomic E-state index is 0.0107. The van der Waals surface area contributed by atoms with Gasteiger partial charge >= 0.3 is 0 Å². The van der Waals surface area contributed by atoms with Crippen LogP contribution in [0.1, 0.15) is 0 Å². The summed E-state index contributed by atoms with van der Waals surface area (Å²) in [6, 6.07) is 6.07. The van der Waals surface area contributed by atoms with Crippen LogP contribution in [-0.4, -0.2) is 39.9 Å². The number of nitrogens with zero attached hydrogens (tertiary/aromatic N) is 4. The predicted molar refractivity (Wildman–Crippen MR) is 91.0 cm³/mol. The van der Waals surface area contributed by atoms with Gasteiger partial charge in [-0.25, -0.2) is 13.4 Å². The van der Waals surface area contributed by atoms with Crippen molar-refractivity contribution in [2.24, 2.45) is 7.05 Å². The van der Waals surface area contributed by atoms with Gasteiger partial charge < -0.3 is 5.32 Å². The highest BCUT2D eigenvalue weighted by atomic mass is 32.2. The van der Waals surface area contributed by atoms with Crippen molar-refractivity contribution in [3.8, 4) is 0 Å². The Hall–Kier alpha value is -3.01. The van der Waals surface area contributed by atoms with Crippen molar-refractivity contribution in [2.45, 2.75) is 11.4 Å². The Morgan fingerprint density at radius 3 is 2.72 bits per heavy atom. The summed E-state index contributed by atoms with van der Waals surface area (Å²) in [6.45, 7) is -0.297. The first-order chi connectivity index (χ1) is 11.8. The fourth-order valence-electron chi connectivity index (χ4n) is 2.42. The second-order valence-corrected chi connectivity index (χ2v) is 7.48. The van der Waals surface area contributed by atoms with Crippen LogP contribution < -0.4 is 10.9 Å². The summed E-state index contributed by atoms with van der Waals surface area (Å²) >= 11 is 0. The van der Waals surface area contributed by atoms with E-state index >= 15 is 0 Å². The Bertz CT molecular complexity index is 1130. The number of hydrogen-bond donors (Lipinski definition) is 1. The molecule has 0 atom stereocenters. The summed E-state index contributed by atoms with van der Waals surface area (Å²) in [4.78, 5) is 28.7. The van der Waals surface area contributed by atoms with Gasteiger partial charge in [0.1, 0.15) is 18.3 Å². The van der Waals surface area contributed by atoms with E-state index in [1.807, 2.05) is 0 Å². The standard InChI is InChI=1S/C15H15N5O4S/c1-19-14-10(7-17-19)15(22)20(9-16-14)8-13(21)18-11-5-3-4-6-12(11)25(2,23)24/h3-7,9H,8H2,1-2H3,(H,18,21). The first-order valence-corrected chi connectivity index (χ1v) is 9.12. The summed E-state index contributed by atoms with van der Waals surface area (Å²) < 4.78 is 26.1. The molecule has 1 aromatic carbocycles. The van der Waals surface area contributed by atoms with Crippen LogP contribution in [0.5, 0.6) is 0 Å². The largest absolute Gasteiger partial charge is 0.323 e. The maximum absolute atomic E-state index is 12.3. The maximum Gasteiger partial charge on any atom is 0.264 e. The molecule has 25 heavy (non-hydrogen) atoms. The summed E-state index contributed by atoms with van der Waals surface area (Å²) in [6.07, 6.45) is 3.70. The number of carbonyl (C=O) groups excluding carboxylic acids is 1. The normalized spacial score (nSPS) is 11.6. The molecule has 0 saturated carbocycles. The molecule has 130 valence electrons. The molecule has 1 amide bonds. The van der Waals surface area contributed by atoms with Crippen LogP contribution in [0.15, 0.2) is 46.5 Å². The van der Waals surface area contributed by atoms with E-state index in [0.717, 1.165) is 10.8 Å². The molecule has 2 aromatic heterocycles. The van der Waals surface area contributed by atoms with Crippen molar-refractivity contribution >= 4 is 32.5 Å². The third-order valence-corrected chi connectivity index (χ3v) is 4.75. The number of fused-ring (bicyclic) bond motifs is 1. The summed E-state index contributed by atoms with van der Waals surface area (Å²) in [7, 11) is -1.83. The zero-order valence-electron chi connectivity index (χ0n) is 13.5. The number of amides is 1. The van der Waals surface area contributed by atoms with Crippen molar-refractivity contribution in [2.75, 3.05) is 11.6 Å². The quantitative estimate of drug-likeness (QED) is 0.708. The second kappa shape index (κ2) is 6.13. The molecule has 1 N–H and O–H groups in total. The molecule has 0 aliphatic rings. The molecular formula is C15H15N5O4S. The lowest BCUT2D eigenvalue weighted by molar-refractivity contribution is -0.116. The van der Waals surface area contributed by atoms with E-state index in [1.165, 1.54) is 29.3 Å². The number of rotatable bonds is 4. The van der Waals surface area contributed by atoms with Crippen molar-refractivity contribution in [1.82, 2.24) is 19.3 Å². The highest BCUT2D eigenvalue weighted by Gasteiger charge is 2.16. The number of benzene rings is 1. The van der Waals surface area contributed by atoms with E-state index in [9.17, 15) is 18.0 Å². The average Bonchev–Trinajstić information content (AvgIpc) is 2.91. The highest BCUT2D eigenvalue weighted by Crippen LogP contribution is 2.20. The fraction of sp³-hybridized carbons (Fsp3) is 0.200. The molecule has 0 aliphatic heterocycles. The number of anilines is 1. The summed E-state index contributed by atoms with van der Waals surface area (Å²) in [5.41, 5.74) is 0.187. The van der Waals surface area contributed by atoms with Gasteiger partial charge in [-0.2, -0.15) is 5.10 Å². The Labute approximate surface area is 142 Å². The molecule has 9 nitrogen and oxygen atoms in total. The van der Waals surface area contributed by atoms with E-state index in [0.29, 0.717) is 11.0 Å². The van der Waals surface area contributed by atoms with Crippen molar-refractivity contribution in [3.05, 3.63) is 47.1 Å². The van der Waals surface area contributed by atoms with Crippen molar-refractivity contribution < 1.29 is 13.2 Å². The molecule has 2 heterocycles. The van der Waals surface area contributed by atoms with Gasteiger partial charge in [-0.05, 0) is 12.1 Å². The number of carbonyl (C=O) groups is 1. The topological polar surface area (TPSA) is 116 Å². The highest BCUT2D eigenvalue weighted by molar-refractivity contribution is 7.90. The van der Waals surface area contributed by atoms with Gasteiger partial charge in [0.25, 0.3) is 5.56 Å². The number of sulfone groups is 1. The van der Waals surface area contributed by atoms with Crippen LogP contribution in [0, 0.1) is 0 Å². The zero-order chi connectivity index (χ0) is 18.2. The third-order valence-electron chi connectivity index (χ3n) is 3.59. The lowest BCUT2D eigenvalue weighted by Crippen LogP contribution is -2.28. The Morgan fingerprint density at radius 2 is 2.00 bits per heavy atom. The van der Waals surface area contributed by atoms with Crippen LogP contribution in [0.2, 0.25) is 0 Å². The van der Waals surface area contributed by atoms with Crippen LogP contribution in [-0.2, 0) is 28.2 Å². The minimum atomic E-state index is -3.49. The number of nitrogens with one attached hydrogen (secondary N) is 1. The van der Waals surface area contributed by atoms with E-state index in [-0.39, 0.29) is 17.1 Å². The predicted octanol–water partition coefficient (Wildman–Crippen LogP) is 0.172. The van der Waals surface area contributed by atoms with E-state index in [2.05, 4.69) is 15.4 Å². The van der Waals surface area contributed by atoms with Crippen LogP contribution in [0.25, 0.3) is 11.0 Å². The number of para-hydroxylation sites is 1. The van der Waals surface area contributed by atoms with Crippen LogP contribution >= 0.6 is 0 Å². The second-order valence-electron chi connectivity index (χ2n) is 5.50.